The van der Waals surface area contributed by atoms with E-state index in [1.165, 1.54) is 0 Å². The topological polar surface area (TPSA) is 71.2 Å². The molecule has 1 N–H and O–H groups in total. The van der Waals surface area contributed by atoms with Crippen molar-refractivity contribution >= 4 is 28.3 Å². The summed E-state index contributed by atoms with van der Waals surface area (Å²) in [5.41, 5.74) is 4.01. The Morgan fingerprint density at radius 3 is 2.44 bits per heavy atom. The first-order valence-corrected chi connectivity index (χ1v) is 10.6. The van der Waals surface area contributed by atoms with Crippen molar-refractivity contribution < 1.29 is 13.2 Å². The summed E-state index contributed by atoms with van der Waals surface area (Å²) >= 11 is 0. The highest BCUT2D eigenvalue weighted by molar-refractivity contribution is 5.78. The largest absolute Gasteiger partial charge is 0.390 e. The predicted octanol–water partition coefficient (Wildman–Crippen LogP) is 4.61. The van der Waals surface area contributed by atoms with E-state index in [0.717, 1.165) is 48.5 Å². The average Bonchev–Trinajstić information content (AvgIpc) is 3.42. The van der Waals surface area contributed by atoms with Crippen molar-refractivity contribution in [2.45, 2.75) is 32.4 Å². The molecule has 10 heteroatoms. The van der Waals surface area contributed by atoms with Crippen LogP contribution in [0.25, 0.3) is 28.1 Å². The number of para-hydroxylation sites is 2. The van der Waals surface area contributed by atoms with E-state index in [1.807, 2.05) is 31.2 Å². The fourth-order valence-corrected chi connectivity index (χ4v) is 3.97. The lowest BCUT2D eigenvalue weighted by molar-refractivity contribution is -0.131. The highest BCUT2D eigenvalue weighted by Crippen LogP contribution is 2.28. The molecule has 1 aliphatic heterocycles. The van der Waals surface area contributed by atoms with Gasteiger partial charge in [-0.1, -0.05) is 12.1 Å². The SMILES string of the molecule is Cc1nc2ccccc2nc1-c1cc2nc(N3CCCC3)cc(NCCC(F)(F)F)n2n1. The summed E-state index contributed by atoms with van der Waals surface area (Å²) in [7, 11) is 0. The van der Waals surface area contributed by atoms with E-state index in [2.05, 4.69) is 20.3 Å². The van der Waals surface area contributed by atoms with E-state index in [-0.39, 0.29) is 6.54 Å². The summed E-state index contributed by atoms with van der Waals surface area (Å²) in [6, 6.07) is 11.2. The van der Waals surface area contributed by atoms with Crippen LogP contribution in [-0.2, 0) is 0 Å². The number of benzene rings is 1. The molecule has 0 aliphatic carbocycles. The molecule has 4 heterocycles. The third-order valence-corrected chi connectivity index (χ3v) is 5.55. The van der Waals surface area contributed by atoms with Crippen LogP contribution in [0.4, 0.5) is 24.8 Å². The molecule has 0 spiro atoms. The van der Waals surface area contributed by atoms with Crippen LogP contribution in [0.1, 0.15) is 25.0 Å². The molecule has 4 aromatic rings. The van der Waals surface area contributed by atoms with Crippen LogP contribution < -0.4 is 10.2 Å². The zero-order valence-electron chi connectivity index (χ0n) is 17.5. The Hall–Kier alpha value is -3.43. The molecule has 0 unspecified atom stereocenters. The third kappa shape index (κ3) is 4.04. The van der Waals surface area contributed by atoms with Crippen LogP contribution in [0.5, 0.6) is 0 Å². The number of rotatable bonds is 5. The maximum Gasteiger partial charge on any atom is 0.390 e. The second-order valence-electron chi connectivity index (χ2n) is 7.93. The van der Waals surface area contributed by atoms with Gasteiger partial charge in [-0.3, -0.25) is 0 Å². The number of aromatic nitrogens is 5. The van der Waals surface area contributed by atoms with Crippen molar-refractivity contribution in [2.75, 3.05) is 29.9 Å². The normalized spacial score (nSPS) is 14.6. The average molecular weight is 441 g/mol. The minimum atomic E-state index is -4.23. The van der Waals surface area contributed by atoms with Gasteiger partial charge in [0.1, 0.15) is 23.0 Å². The van der Waals surface area contributed by atoms with Gasteiger partial charge in [-0.05, 0) is 31.9 Å². The molecule has 32 heavy (non-hydrogen) atoms. The first-order chi connectivity index (χ1) is 15.4. The number of alkyl halides is 3. The second kappa shape index (κ2) is 7.92. The third-order valence-electron chi connectivity index (χ3n) is 5.55. The molecule has 1 aliphatic rings. The van der Waals surface area contributed by atoms with E-state index in [0.29, 0.717) is 22.9 Å². The maximum atomic E-state index is 12.7. The van der Waals surface area contributed by atoms with E-state index >= 15 is 0 Å². The zero-order valence-corrected chi connectivity index (χ0v) is 17.5. The van der Waals surface area contributed by atoms with Crippen molar-refractivity contribution in [3.8, 4) is 11.4 Å². The molecule has 7 nitrogen and oxygen atoms in total. The number of fused-ring (bicyclic) bond motifs is 2. The number of anilines is 2. The number of hydrogen-bond acceptors (Lipinski definition) is 6. The lowest BCUT2D eigenvalue weighted by Crippen LogP contribution is -2.21. The van der Waals surface area contributed by atoms with Gasteiger partial charge < -0.3 is 10.2 Å². The summed E-state index contributed by atoms with van der Waals surface area (Å²) in [4.78, 5) is 16.2. The van der Waals surface area contributed by atoms with Crippen LogP contribution in [0.2, 0.25) is 0 Å². The van der Waals surface area contributed by atoms with Crippen molar-refractivity contribution in [3.05, 3.63) is 42.1 Å². The molecule has 0 amide bonds. The van der Waals surface area contributed by atoms with Crippen molar-refractivity contribution in [1.29, 1.82) is 0 Å². The Labute approximate surface area is 182 Å². The van der Waals surface area contributed by atoms with Gasteiger partial charge in [-0.2, -0.15) is 22.8 Å². The van der Waals surface area contributed by atoms with Crippen LogP contribution in [0, 0.1) is 6.92 Å². The van der Waals surface area contributed by atoms with Gasteiger partial charge in [0.2, 0.25) is 0 Å². The Morgan fingerprint density at radius 1 is 1.00 bits per heavy atom. The lowest BCUT2D eigenvalue weighted by atomic mass is 10.2. The maximum absolute atomic E-state index is 12.7. The first-order valence-electron chi connectivity index (χ1n) is 10.6. The van der Waals surface area contributed by atoms with Crippen LogP contribution in [0.15, 0.2) is 36.4 Å². The summed E-state index contributed by atoms with van der Waals surface area (Å²) < 4.78 is 39.6. The number of nitrogens with zero attached hydrogens (tertiary/aromatic N) is 6. The van der Waals surface area contributed by atoms with E-state index in [4.69, 9.17) is 9.97 Å². The fourth-order valence-electron chi connectivity index (χ4n) is 3.97. The molecule has 0 atom stereocenters. The molecule has 1 fully saturated rings. The summed E-state index contributed by atoms with van der Waals surface area (Å²) in [5, 5.41) is 7.52. The molecule has 5 rings (SSSR count). The van der Waals surface area contributed by atoms with Gasteiger partial charge in [-0.15, -0.1) is 0 Å². The Kier molecular flexibility index (Phi) is 5.07. The Morgan fingerprint density at radius 2 is 1.72 bits per heavy atom. The van der Waals surface area contributed by atoms with Crippen molar-refractivity contribution in [1.82, 2.24) is 24.6 Å². The van der Waals surface area contributed by atoms with Gasteiger partial charge in [0, 0.05) is 31.8 Å². The van der Waals surface area contributed by atoms with Gasteiger partial charge in [0.25, 0.3) is 0 Å². The number of aryl methyl sites for hydroxylation is 1. The molecular formula is C22H22F3N7. The predicted molar refractivity (Wildman–Crippen MR) is 117 cm³/mol. The van der Waals surface area contributed by atoms with Gasteiger partial charge in [-0.25, -0.2) is 15.0 Å². The molecule has 3 aromatic heterocycles. The van der Waals surface area contributed by atoms with Gasteiger partial charge in [0.15, 0.2) is 5.65 Å². The smallest absolute Gasteiger partial charge is 0.370 e. The molecule has 1 saturated heterocycles. The van der Waals surface area contributed by atoms with Crippen LogP contribution >= 0.6 is 0 Å². The van der Waals surface area contributed by atoms with E-state index in [1.54, 1.807) is 16.6 Å². The summed E-state index contributed by atoms with van der Waals surface area (Å²) in [6.45, 7) is 3.37. The monoisotopic (exact) mass is 441 g/mol. The molecule has 0 saturated carbocycles. The van der Waals surface area contributed by atoms with Crippen LogP contribution in [0.3, 0.4) is 0 Å². The van der Waals surface area contributed by atoms with E-state index in [9.17, 15) is 13.2 Å². The number of hydrogen-bond donors (Lipinski definition) is 1. The van der Waals surface area contributed by atoms with Crippen LogP contribution in [-0.4, -0.2) is 50.4 Å². The minimum absolute atomic E-state index is 0.244. The van der Waals surface area contributed by atoms with Gasteiger partial charge >= 0.3 is 6.18 Å². The molecular weight excluding hydrogens is 419 g/mol. The number of nitrogens with one attached hydrogen (secondary N) is 1. The van der Waals surface area contributed by atoms with E-state index < -0.39 is 12.6 Å². The highest BCUT2D eigenvalue weighted by atomic mass is 19.4. The molecule has 166 valence electrons. The fraction of sp³-hybridized carbons (Fsp3) is 0.364. The summed E-state index contributed by atoms with van der Waals surface area (Å²) in [5.74, 6) is 1.20. The zero-order chi connectivity index (χ0) is 22.3. The molecule has 0 radical (unpaired) electrons. The molecule has 1 aromatic carbocycles. The quantitative estimate of drug-likeness (QED) is 0.488. The Balaban J connectivity index is 1.58. The number of halogens is 3. The van der Waals surface area contributed by atoms with Crippen molar-refractivity contribution in [2.24, 2.45) is 0 Å². The van der Waals surface area contributed by atoms with Gasteiger partial charge in [0.05, 0.1) is 23.1 Å². The molecule has 0 bridgehead atoms. The van der Waals surface area contributed by atoms with Crippen molar-refractivity contribution in [3.63, 3.8) is 0 Å². The standard InChI is InChI=1S/C22H22F3N7/c1-14-21(28-16-7-3-2-6-15(16)27-14)17-12-20-29-19(31-10-4-5-11-31)13-18(32(20)30-17)26-9-8-22(23,24)25/h2-3,6-7,12-13,26H,4-5,8-11H2,1H3. The Bertz CT molecular complexity index is 1280. The minimum Gasteiger partial charge on any atom is -0.370 e. The first kappa shape index (κ1) is 20.5. The second-order valence-corrected chi connectivity index (χ2v) is 7.93. The summed E-state index contributed by atoms with van der Waals surface area (Å²) in [6.07, 6.45) is -3.02. The highest BCUT2D eigenvalue weighted by Gasteiger charge is 2.26. The lowest BCUT2D eigenvalue weighted by Gasteiger charge is -2.18.